The van der Waals surface area contributed by atoms with Gasteiger partial charge in [0.15, 0.2) is 5.13 Å². The van der Waals surface area contributed by atoms with Crippen LogP contribution in [0, 0.1) is 11.3 Å². The minimum absolute atomic E-state index is 0.142. The molecule has 1 unspecified atom stereocenters. The van der Waals surface area contributed by atoms with Crippen molar-refractivity contribution < 1.29 is 4.79 Å². The maximum absolute atomic E-state index is 11.5. The van der Waals surface area contributed by atoms with E-state index in [0.717, 1.165) is 31.7 Å². The Bertz CT molecular complexity index is 790. The molecule has 130 valence electrons. The van der Waals surface area contributed by atoms with E-state index in [1.54, 1.807) is 19.3 Å². The molecule has 3 heterocycles. The molecule has 0 saturated carbocycles. The van der Waals surface area contributed by atoms with E-state index in [1.165, 1.54) is 11.3 Å². The Morgan fingerprint density at radius 2 is 2.12 bits per heavy atom. The number of aromatic nitrogens is 2. The van der Waals surface area contributed by atoms with Crippen molar-refractivity contribution in [3.8, 4) is 6.07 Å². The third-order valence-electron chi connectivity index (χ3n) is 4.42. The molecular formula is C17H20N6OS. The molecule has 0 radical (unpaired) electrons. The zero-order valence-electron chi connectivity index (χ0n) is 14.3. The average molecular weight is 356 g/mol. The first-order valence-electron chi connectivity index (χ1n) is 8.15. The van der Waals surface area contributed by atoms with Crippen LogP contribution in [0.4, 0.5) is 10.9 Å². The Balaban J connectivity index is 1.66. The largest absolute Gasteiger partial charge is 0.340 e. The van der Waals surface area contributed by atoms with Gasteiger partial charge in [-0.25, -0.2) is 9.97 Å². The molecule has 0 spiro atoms. The molecule has 0 bridgehead atoms. The van der Waals surface area contributed by atoms with Crippen molar-refractivity contribution in [1.82, 2.24) is 19.8 Å². The smallest absolute Gasteiger partial charge is 0.219 e. The summed E-state index contributed by atoms with van der Waals surface area (Å²) >= 11 is 1.30. The van der Waals surface area contributed by atoms with Gasteiger partial charge in [0.1, 0.15) is 16.8 Å². The topological polar surface area (TPSA) is 85.2 Å². The maximum atomic E-state index is 11.5. The number of amides is 1. The molecule has 1 amide bonds. The number of nitrogens with zero attached hydrogens (tertiary/aromatic N) is 5. The minimum atomic E-state index is 0.142. The van der Waals surface area contributed by atoms with Gasteiger partial charge in [0.05, 0.1) is 6.20 Å². The molecule has 1 saturated heterocycles. The Kier molecular flexibility index (Phi) is 5.26. The van der Waals surface area contributed by atoms with Crippen molar-refractivity contribution in [2.24, 2.45) is 0 Å². The number of hydrogen-bond donors (Lipinski definition) is 1. The van der Waals surface area contributed by atoms with Gasteiger partial charge in [-0.1, -0.05) is 11.3 Å². The van der Waals surface area contributed by atoms with Crippen molar-refractivity contribution in [2.75, 3.05) is 31.5 Å². The van der Waals surface area contributed by atoms with Crippen LogP contribution in [-0.2, 0) is 4.79 Å². The van der Waals surface area contributed by atoms with Crippen LogP contribution < -0.4 is 5.32 Å². The number of nitriles is 1. The summed E-state index contributed by atoms with van der Waals surface area (Å²) in [6, 6.07) is 6.34. The molecule has 1 aliphatic rings. The second-order valence-corrected chi connectivity index (χ2v) is 6.99. The van der Waals surface area contributed by atoms with Gasteiger partial charge in [-0.2, -0.15) is 5.26 Å². The summed E-state index contributed by atoms with van der Waals surface area (Å²) < 4.78 is 0. The second-order valence-electron chi connectivity index (χ2n) is 5.96. The predicted molar refractivity (Wildman–Crippen MR) is 96.6 cm³/mol. The standard InChI is InChI=1S/C17H20N6OS/c1-12(22-5-7-23(8-6-22)13(2)24)14-3-4-19-16(9-14)21-17-20-11-15(10-18)25-17/h3-4,9,11-12H,5-8H2,1-2H3,(H,19,20,21). The first-order chi connectivity index (χ1) is 12.1. The first kappa shape index (κ1) is 17.3. The van der Waals surface area contributed by atoms with Gasteiger partial charge >= 0.3 is 0 Å². The molecule has 2 aromatic rings. The highest BCUT2D eigenvalue weighted by molar-refractivity contribution is 7.16. The van der Waals surface area contributed by atoms with Gasteiger partial charge in [-0.15, -0.1) is 0 Å². The van der Waals surface area contributed by atoms with Crippen LogP contribution in [0.5, 0.6) is 0 Å². The van der Waals surface area contributed by atoms with Gasteiger partial charge in [0, 0.05) is 45.3 Å². The lowest BCUT2D eigenvalue weighted by molar-refractivity contribution is -0.130. The summed E-state index contributed by atoms with van der Waals surface area (Å²) in [5.74, 6) is 0.855. The van der Waals surface area contributed by atoms with Crippen LogP contribution in [0.25, 0.3) is 0 Å². The van der Waals surface area contributed by atoms with Crippen LogP contribution in [0.1, 0.15) is 30.3 Å². The van der Waals surface area contributed by atoms with E-state index in [2.05, 4.69) is 33.2 Å². The van der Waals surface area contributed by atoms with Crippen molar-refractivity contribution in [3.63, 3.8) is 0 Å². The molecule has 7 nitrogen and oxygen atoms in total. The second kappa shape index (κ2) is 7.59. The molecule has 1 atom stereocenters. The number of thiazole rings is 1. The molecule has 0 aromatic carbocycles. The fourth-order valence-corrected chi connectivity index (χ4v) is 3.52. The highest BCUT2D eigenvalue weighted by Gasteiger charge is 2.23. The lowest BCUT2D eigenvalue weighted by Crippen LogP contribution is -2.48. The van der Waals surface area contributed by atoms with E-state index in [1.807, 2.05) is 17.0 Å². The molecule has 2 aromatic heterocycles. The van der Waals surface area contributed by atoms with Crippen LogP contribution in [0.2, 0.25) is 0 Å². The minimum Gasteiger partial charge on any atom is -0.340 e. The molecule has 0 aliphatic carbocycles. The average Bonchev–Trinajstić information content (AvgIpc) is 3.09. The Hall–Kier alpha value is -2.50. The van der Waals surface area contributed by atoms with Crippen LogP contribution in [0.3, 0.4) is 0 Å². The zero-order chi connectivity index (χ0) is 17.8. The van der Waals surface area contributed by atoms with Gasteiger partial charge in [-0.3, -0.25) is 9.69 Å². The normalized spacial score (nSPS) is 16.3. The molecule has 25 heavy (non-hydrogen) atoms. The van der Waals surface area contributed by atoms with Crippen LogP contribution in [0.15, 0.2) is 24.5 Å². The number of hydrogen-bond acceptors (Lipinski definition) is 7. The van der Waals surface area contributed by atoms with Gasteiger partial charge in [0.25, 0.3) is 0 Å². The van der Waals surface area contributed by atoms with E-state index in [9.17, 15) is 4.79 Å². The lowest BCUT2D eigenvalue weighted by Gasteiger charge is -2.37. The Labute approximate surface area is 150 Å². The number of rotatable bonds is 4. The lowest BCUT2D eigenvalue weighted by atomic mass is 10.1. The van der Waals surface area contributed by atoms with E-state index in [-0.39, 0.29) is 11.9 Å². The van der Waals surface area contributed by atoms with Gasteiger partial charge in [0.2, 0.25) is 5.91 Å². The van der Waals surface area contributed by atoms with Crippen molar-refractivity contribution >= 4 is 28.2 Å². The van der Waals surface area contributed by atoms with Gasteiger partial charge < -0.3 is 10.2 Å². The highest BCUT2D eigenvalue weighted by Crippen LogP contribution is 2.25. The summed E-state index contributed by atoms with van der Waals surface area (Å²) in [5, 5.41) is 12.7. The number of carbonyl (C=O) groups is 1. The molecule has 1 fully saturated rings. The summed E-state index contributed by atoms with van der Waals surface area (Å²) in [5.41, 5.74) is 1.16. The van der Waals surface area contributed by atoms with Crippen molar-refractivity contribution in [2.45, 2.75) is 19.9 Å². The van der Waals surface area contributed by atoms with Crippen LogP contribution in [-0.4, -0.2) is 51.9 Å². The molecule has 3 rings (SSSR count). The third-order valence-corrected chi connectivity index (χ3v) is 5.24. The quantitative estimate of drug-likeness (QED) is 0.905. The number of pyridine rings is 1. The zero-order valence-corrected chi connectivity index (χ0v) is 15.1. The van der Waals surface area contributed by atoms with E-state index in [4.69, 9.17) is 5.26 Å². The van der Waals surface area contributed by atoms with Crippen molar-refractivity contribution in [3.05, 3.63) is 35.0 Å². The van der Waals surface area contributed by atoms with E-state index >= 15 is 0 Å². The summed E-state index contributed by atoms with van der Waals surface area (Å²) in [4.78, 5) is 24.8. The summed E-state index contributed by atoms with van der Waals surface area (Å²) in [7, 11) is 0. The molecular weight excluding hydrogens is 336 g/mol. The summed E-state index contributed by atoms with van der Waals surface area (Å²) in [6.07, 6.45) is 3.33. The van der Waals surface area contributed by atoms with Crippen molar-refractivity contribution in [1.29, 1.82) is 5.26 Å². The molecule has 1 aliphatic heterocycles. The number of anilines is 2. The Morgan fingerprint density at radius 3 is 2.76 bits per heavy atom. The molecule has 1 N–H and O–H groups in total. The maximum Gasteiger partial charge on any atom is 0.219 e. The predicted octanol–water partition coefficient (Wildman–Crippen LogP) is 2.38. The van der Waals surface area contributed by atoms with E-state index in [0.29, 0.717) is 15.8 Å². The molecule has 8 heteroatoms. The van der Waals surface area contributed by atoms with Crippen LogP contribution >= 0.6 is 11.3 Å². The monoisotopic (exact) mass is 356 g/mol. The number of piperazine rings is 1. The fraction of sp³-hybridized carbons (Fsp3) is 0.412. The fourth-order valence-electron chi connectivity index (χ4n) is 2.90. The number of nitrogens with one attached hydrogen (secondary N) is 1. The highest BCUT2D eigenvalue weighted by atomic mass is 32.1. The third kappa shape index (κ3) is 4.13. The SMILES string of the molecule is CC(=O)N1CCN(C(C)c2ccnc(Nc3ncc(C#N)s3)c2)CC1. The summed E-state index contributed by atoms with van der Waals surface area (Å²) in [6.45, 7) is 7.06. The van der Waals surface area contributed by atoms with Gasteiger partial charge in [-0.05, 0) is 24.6 Å². The Morgan fingerprint density at radius 1 is 1.36 bits per heavy atom. The number of carbonyl (C=O) groups excluding carboxylic acids is 1. The first-order valence-corrected chi connectivity index (χ1v) is 8.97. The van der Waals surface area contributed by atoms with E-state index < -0.39 is 0 Å².